The summed E-state index contributed by atoms with van der Waals surface area (Å²) in [5.74, 6) is -34.7. The van der Waals surface area contributed by atoms with E-state index in [9.17, 15) is 86.8 Å². The number of aliphatic hydroxyl groups excluding tert-OH is 17. The molecule has 10 heterocycles. The molecule has 14 rings (SSSR count). The zero-order chi connectivity index (χ0) is 80.2. The fourth-order valence-electron chi connectivity index (χ4n) is 13.1. The van der Waals surface area contributed by atoms with Crippen molar-refractivity contribution in [3.8, 4) is 28.1 Å². The van der Waals surface area contributed by atoms with Crippen LogP contribution < -0.4 is 4.74 Å². The maximum absolute atomic E-state index is 17.6. The zero-order valence-corrected chi connectivity index (χ0v) is 57.8. The Kier molecular flexibility index (Phi) is 22.2. The molecule has 4 fully saturated rings. The molecule has 0 amide bonds. The van der Waals surface area contributed by atoms with E-state index in [2.05, 4.69) is 19.9 Å². The van der Waals surface area contributed by atoms with Crippen LogP contribution in [0.4, 0.5) is 61.5 Å². The molecule has 21 atom stereocenters. The predicted octanol–water partition coefficient (Wildman–Crippen LogP) is 3.72. The third kappa shape index (κ3) is 13.1. The topological polar surface area (TPSA) is 474 Å². The Bertz CT molecular complexity index is 5340. The van der Waals surface area contributed by atoms with Crippen LogP contribution >= 0.6 is 47.0 Å². The molecule has 5 aliphatic heterocycles. The zero-order valence-electron chi connectivity index (χ0n) is 54.5. The van der Waals surface area contributed by atoms with Crippen molar-refractivity contribution in [1.29, 1.82) is 0 Å². The molecule has 46 heteroatoms. The van der Waals surface area contributed by atoms with Crippen molar-refractivity contribution < 1.29 is 181 Å². The first-order valence-corrected chi connectivity index (χ1v) is 35.7. The van der Waals surface area contributed by atoms with Crippen molar-refractivity contribution in [2.75, 3.05) is 26.4 Å². The average molecular weight is 1670 g/mol. The summed E-state index contributed by atoms with van der Waals surface area (Å²) in [6, 6.07) is 2.47. The minimum absolute atomic E-state index is 0.246. The van der Waals surface area contributed by atoms with Crippen LogP contribution in [-0.2, 0) is 18.9 Å². The first-order chi connectivity index (χ1) is 52.6. The van der Waals surface area contributed by atoms with Gasteiger partial charge in [-0.2, -0.15) is 4.98 Å². The third-order valence-corrected chi connectivity index (χ3v) is 23.7. The highest BCUT2D eigenvalue weighted by Crippen LogP contribution is 2.52. The highest BCUT2D eigenvalue weighted by atomic mass is 32.2. The standard InChI is InChI=1S/C65H52F14N4O24S4/c66-25-21(26(67)32(73)54(31(25)72)108-62-48(96)44(92)40(88)13(5-84)101-62)17-9-1-2-11(80-9)19-23-29(70)35(76)56(110-64-50(98)46(94)42(90)15(7-86)103-64)37(78)52(23)105-59(19)83-60-20(24-30(71)36(77)57(38(79)53(24)106-60)111-65-51(99)47(95)43(91)16(8-87)104-65)12-4-3-10(81-12)18(58-82-39(17)61(100)107-58)22-27(68)33(74)55(34(75)28(22)69)109-63-49(97)45(93)41(89)14(6-85)102-63/h1-4,13-16,40-51,61-65,80-81,84-100H,5-8H2/t13-,14-,15-,16-,40+,41+,42+,43+,44?,45?,46?,47?,48?,49?,50?,51?,61?,62-,63-,64-,65-/m1/s1. The number of hydrogen-bond acceptors (Lipinski definition) is 30. The number of ether oxygens (including phenoxy) is 5. The molecule has 598 valence electrons. The van der Waals surface area contributed by atoms with Crippen LogP contribution in [-0.4, -0.2) is 253 Å². The Morgan fingerprint density at radius 3 is 0.901 bits per heavy atom. The molecule has 0 spiro atoms. The Morgan fingerprint density at radius 2 is 0.586 bits per heavy atom. The summed E-state index contributed by atoms with van der Waals surface area (Å²) < 4.78 is 281. The minimum Gasteiger partial charge on any atom is -0.441 e. The molecule has 4 saturated heterocycles. The van der Waals surface area contributed by atoms with Crippen LogP contribution in [0, 0.1) is 81.4 Å². The van der Waals surface area contributed by atoms with E-state index >= 15 is 61.5 Å². The number of aromatic nitrogens is 4. The van der Waals surface area contributed by atoms with Crippen molar-refractivity contribution in [1.82, 2.24) is 19.9 Å². The van der Waals surface area contributed by atoms with Crippen LogP contribution in [0.15, 0.2) is 52.7 Å². The number of nitrogens with one attached hydrogen (secondary N) is 2. The molecule has 0 aliphatic carbocycles. The van der Waals surface area contributed by atoms with Crippen LogP contribution in [0.1, 0.15) is 12.0 Å². The number of fused-ring (bicyclic) bond motifs is 14. The highest BCUT2D eigenvalue weighted by molar-refractivity contribution is 8.00. The van der Waals surface area contributed by atoms with Crippen molar-refractivity contribution in [3.05, 3.63) is 111 Å². The number of nitrogens with zero attached hydrogens (tertiary/aromatic N) is 2. The van der Waals surface area contributed by atoms with Crippen molar-refractivity contribution >= 4 is 113 Å². The molecular formula is C65H52F14N4O24S4. The summed E-state index contributed by atoms with van der Waals surface area (Å²) in [6.07, 6.45) is -37.0. The summed E-state index contributed by atoms with van der Waals surface area (Å²) in [7, 11) is 0. The molecule has 0 saturated carbocycles. The number of benzene rings is 4. The van der Waals surface area contributed by atoms with Gasteiger partial charge in [0.25, 0.3) is 0 Å². The van der Waals surface area contributed by atoms with Crippen LogP contribution in [0.2, 0.25) is 0 Å². The van der Waals surface area contributed by atoms with Gasteiger partial charge in [-0.15, -0.1) is 0 Å². The first kappa shape index (κ1) is 80.6. The number of halogens is 14. The van der Waals surface area contributed by atoms with Gasteiger partial charge in [0.05, 0.1) is 101 Å². The van der Waals surface area contributed by atoms with Gasteiger partial charge in [-0.1, -0.05) is 47.0 Å². The van der Waals surface area contributed by atoms with Gasteiger partial charge in [0.1, 0.15) is 125 Å². The summed E-state index contributed by atoms with van der Waals surface area (Å²) in [5, 5.41) is 173. The average Bonchev–Trinajstić information content (AvgIpc) is 0.979. The molecular weight excluding hydrogens is 1610 g/mol. The number of aromatic amines is 2. The Labute approximate surface area is 622 Å². The van der Waals surface area contributed by atoms with Crippen molar-refractivity contribution in [2.45, 2.75) is 145 Å². The smallest absolute Gasteiger partial charge is 0.244 e. The fraction of sp³-hybridized carbons (Fsp3) is 0.385. The van der Waals surface area contributed by atoms with E-state index < -0.39 is 377 Å². The lowest BCUT2D eigenvalue weighted by Gasteiger charge is -2.39. The molecule has 9 unspecified atom stereocenters. The molecule has 111 heavy (non-hydrogen) atoms. The van der Waals surface area contributed by atoms with Crippen LogP contribution in [0.3, 0.4) is 0 Å². The number of furan rings is 2. The van der Waals surface area contributed by atoms with Gasteiger partial charge in [0.15, 0.2) is 92.6 Å². The molecule has 28 nitrogen and oxygen atoms in total. The second kappa shape index (κ2) is 30.6. The summed E-state index contributed by atoms with van der Waals surface area (Å²) in [5.41, 5.74) is -27.3. The van der Waals surface area contributed by atoms with Gasteiger partial charge >= 0.3 is 0 Å². The van der Waals surface area contributed by atoms with Crippen LogP contribution in [0.5, 0.6) is 5.88 Å². The lowest BCUT2D eigenvalue weighted by atomic mass is 10.0. The van der Waals surface area contributed by atoms with E-state index in [0.717, 1.165) is 0 Å². The second-order valence-corrected chi connectivity index (χ2v) is 29.8. The maximum Gasteiger partial charge on any atom is 0.244 e. The molecule has 5 aromatic heterocycles. The van der Waals surface area contributed by atoms with Gasteiger partial charge in [-0.3, -0.25) is 0 Å². The molecule has 6 bridgehead atoms. The van der Waals surface area contributed by atoms with E-state index in [-0.39, 0.29) is 23.5 Å². The van der Waals surface area contributed by atoms with E-state index in [4.69, 9.17) is 32.5 Å². The van der Waals surface area contributed by atoms with Gasteiger partial charge in [-0.05, 0) is 24.3 Å². The van der Waals surface area contributed by atoms with Gasteiger partial charge in [0, 0.05) is 11.1 Å². The first-order valence-electron chi connectivity index (χ1n) is 32.1. The van der Waals surface area contributed by atoms with Gasteiger partial charge in [0.2, 0.25) is 23.6 Å². The second-order valence-electron chi connectivity index (χ2n) is 25.4. The number of aliphatic hydroxyl groups is 17. The molecule has 19 N–H and O–H groups in total. The molecule has 0 radical (unpaired) electrons. The Morgan fingerprint density at radius 1 is 0.306 bits per heavy atom. The normalized spacial score (nSPS) is 29.7. The van der Waals surface area contributed by atoms with Gasteiger partial charge < -0.3 is 129 Å². The quantitative estimate of drug-likeness (QED) is 0.0545. The summed E-state index contributed by atoms with van der Waals surface area (Å²) in [4.78, 5) is 6.34. The van der Waals surface area contributed by atoms with Gasteiger partial charge in [-0.25, -0.2) is 66.4 Å². The fourth-order valence-corrected chi connectivity index (χ4v) is 17.6. The monoisotopic (exact) mass is 1670 g/mol. The third-order valence-electron chi connectivity index (χ3n) is 18.9. The van der Waals surface area contributed by atoms with Crippen molar-refractivity contribution in [2.24, 2.45) is 0 Å². The van der Waals surface area contributed by atoms with E-state index in [0.29, 0.717) is 24.3 Å². The van der Waals surface area contributed by atoms with E-state index in [1.165, 1.54) is 0 Å². The number of rotatable bonds is 14. The lowest BCUT2D eigenvalue weighted by molar-refractivity contribution is -0.205. The summed E-state index contributed by atoms with van der Waals surface area (Å²) >= 11 is -1.28. The largest absolute Gasteiger partial charge is 0.441 e. The number of H-pyrrole nitrogens is 2. The molecule has 9 aromatic rings. The Balaban J connectivity index is 1.11. The predicted molar refractivity (Wildman–Crippen MR) is 350 cm³/mol. The van der Waals surface area contributed by atoms with E-state index in [1.807, 2.05) is 0 Å². The van der Waals surface area contributed by atoms with Crippen LogP contribution in [0.25, 0.3) is 88.5 Å². The number of thioether (sulfide) groups is 4. The summed E-state index contributed by atoms with van der Waals surface area (Å²) in [6.45, 7) is -4.52. The molecule has 4 aromatic carbocycles. The maximum atomic E-state index is 17.6. The minimum atomic E-state index is -3.10. The van der Waals surface area contributed by atoms with E-state index in [1.54, 1.807) is 0 Å². The lowest BCUT2D eigenvalue weighted by Crippen LogP contribution is -2.57. The molecule has 5 aliphatic rings. The van der Waals surface area contributed by atoms with Crippen molar-refractivity contribution in [3.63, 3.8) is 0 Å². The Hall–Kier alpha value is -7.02. The highest BCUT2D eigenvalue weighted by Gasteiger charge is 2.50. The SMILES string of the molecule is OC[C@H]1O[C@H](Sc2c(F)c(F)c(-c3c4nc(c(-c5c(F)c(F)c(S[C@H]6O[C@H](CO)[C@H](O)C(O)C6O)c(F)c5F)c5ccc([nH]5)c5c(nc6oc7c(F)c(S[C@H]8O[C@H](CO)[C@H](O)C(O)C8O)c(F)c(F)c7c6c6ccc3[nH]6)oc3c(F)c(S[C@H]6O[C@H](CO)[C@H](O)C(O)C6O)c(F)c(F)c35)C(O)O4)c(F)c2F)C(O)C(O)[C@H]1O. The number of hydrogen-bond donors (Lipinski definition) is 19.